The molecule has 0 aliphatic heterocycles. The molecule has 1 aromatic carbocycles. The van der Waals surface area contributed by atoms with E-state index in [4.69, 9.17) is 0 Å². The Morgan fingerprint density at radius 2 is 1.78 bits per heavy atom. The van der Waals surface area contributed by atoms with Gasteiger partial charge in [-0.05, 0) is 17.0 Å². The Labute approximate surface area is 137 Å². The highest BCUT2D eigenvalue weighted by Crippen LogP contribution is 2.19. The molecule has 0 saturated carbocycles. The Balaban J connectivity index is 2.30. The molecule has 2 rings (SSSR count). The van der Waals surface area contributed by atoms with Gasteiger partial charge in [-0.1, -0.05) is 51.1 Å². The summed E-state index contributed by atoms with van der Waals surface area (Å²) in [7, 11) is 1.67. The maximum absolute atomic E-state index is 12.9. The second-order valence-corrected chi connectivity index (χ2v) is 7.07. The maximum Gasteiger partial charge on any atom is 0.254 e. The van der Waals surface area contributed by atoms with Crippen molar-refractivity contribution >= 4 is 5.91 Å². The molecule has 0 aliphatic carbocycles. The van der Waals surface area contributed by atoms with Crippen LogP contribution in [-0.4, -0.2) is 21.9 Å². The van der Waals surface area contributed by atoms with Crippen molar-refractivity contribution in [3.05, 3.63) is 70.1 Å². The van der Waals surface area contributed by atoms with Crippen LogP contribution in [0.4, 0.5) is 0 Å². The number of rotatable bonds is 4. The van der Waals surface area contributed by atoms with Crippen molar-refractivity contribution in [3.63, 3.8) is 0 Å². The van der Waals surface area contributed by atoms with Crippen molar-refractivity contribution in [3.8, 4) is 0 Å². The minimum atomic E-state index is -0.175. The molecular formula is C19H24N2O2. The number of carbonyl (C=O) groups is 1. The zero-order valence-corrected chi connectivity index (χ0v) is 14.2. The van der Waals surface area contributed by atoms with Gasteiger partial charge in [0.05, 0.1) is 0 Å². The van der Waals surface area contributed by atoms with Gasteiger partial charge < -0.3 is 9.47 Å². The molecule has 4 heteroatoms. The van der Waals surface area contributed by atoms with E-state index in [9.17, 15) is 9.59 Å². The van der Waals surface area contributed by atoms with E-state index in [0.29, 0.717) is 18.7 Å². The lowest BCUT2D eigenvalue weighted by molar-refractivity contribution is 0.0679. The fourth-order valence-corrected chi connectivity index (χ4v) is 2.44. The molecule has 0 saturated heterocycles. The predicted octanol–water partition coefficient (Wildman–Crippen LogP) is 3.07. The van der Waals surface area contributed by atoms with E-state index in [1.807, 2.05) is 35.2 Å². The van der Waals surface area contributed by atoms with Gasteiger partial charge in [-0.15, -0.1) is 0 Å². The third-order valence-electron chi connectivity index (χ3n) is 3.52. The standard InChI is InChI=1S/C19H24N2O2/c1-19(2,3)14-21(13-15-8-6-5-7-9-15)18(23)16-10-11-20(4)17(22)12-16/h5-12H,13-14H2,1-4H3. The first-order chi connectivity index (χ1) is 10.8. The molecule has 0 fully saturated rings. The Kier molecular flexibility index (Phi) is 5.04. The molecule has 0 bridgehead atoms. The fourth-order valence-electron chi connectivity index (χ4n) is 2.44. The van der Waals surface area contributed by atoms with Crippen LogP contribution in [0, 0.1) is 5.41 Å². The minimum absolute atomic E-state index is 0.0236. The summed E-state index contributed by atoms with van der Waals surface area (Å²) in [5.74, 6) is -0.110. The predicted molar refractivity (Wildman–Crippen MR) is 92.3 cm³/mol. The first-order valence-electron chi connectivity index (χ1n) is 7.76. The van der Waals surface area contributed by atoms with Crippen molar-refractivity contribution in [1.82, 2.24) is 9.47 Å². The second-order valence-electron chi connectivity index (χ2n) is 7.07. The van der Waals surface area contributed by atoms with Gasteiger partial charge in [0.2, 0.25) is 0 Å². The number of hydrogen-bond acceptors (Lipinski definition) is 2. The number of aryl methyl sites for hydroxylation is 1. The molecule has 23 heavy (non-hydrogen) atoms. The molecule has 122 valence electrons. The van der Waals surface area contributed by atoms with E-state index in [2.05, 4.69) is 20.8 Å². The lowest BCUT2D eigenvalue weighted by atomic mass is 9.95. The van der Waals surface area contributed by atoms with Gasteiger partial charge in [-0.3, -0.25) is 9.59 Å². The van der Waals surface area contributed by atoms with E-state index >= 15 is 0 Å². The lowest BCUT2D eigenvalue weighted by Gasteiger charge is -2.30. The molecule has 1 aromatic heterocycles. The SMILES string of the molecule is Cn1ccc(C(=O)N(Cc2ccccc2)CC(C)(C)C)cc1=O. The van der Waals surface area contributed by atoms with Crippen molar-refractivity contribution in [2.24, 2.45) is 12.5 Å². The molecule has 1 amide bonds. The van der Waals surface area contributed by atoms with Crippen LogP contribution in [0.5, 0.6) is 0 Å². The number of carbonyl (C=O) groups excluding carboxylic acids is 1. The van der Waals surface area contributed by atoms with Crippen LogP contribution in [0.2, 0.25) is 0 Å². The molecule has 0 N–H and O–H groups in total. The number of benzene rings is 1. The van der Waals surface area contributed by atoms with Crippen molar-refractivity contribution in [1.29, 1.82) is 0 Å². The molecule has 0 radical (unpaired) electrons. The second kappa shape index (κ2) is 6.82. The van der Waals surface area contributed by atoms with Crippen molar-refractivity contribution in [2.45, 2.75) is 27.3 Å². The zero-order valence-electron chi connectivity index (χ0n) is 14.2. The summed E-state index contributed by atoms with van der Waals surface area (Å²) in [5.41, 5.74) is 1.32. The Morgan fingerprint density at radius 1 is 1.13 bits per heavy atom. The van der Waals surface area contributed by atoms with Gasteiger partial charge in [0.1, 0.15) is 0 Å². The Morgan fingerprint density at radius 3 is 2.35 bits per heavy atom. The van der Waals surface area contributed by atoms with Gasteiger partial charge in [0.25, 0.3) is 11.5 Å². The Bertz CT molecular complexity index is 727. The average Bonchev–Trinajstić information content (AvgIpc) is 2.48. The van der Waals surface area contributed by atoms with E-state index < -0.39 is 0 Å². The summed E-state index contributed by atoms with van der Waals surface area (Å²) in [6.07, 6.45) is 1.63. The van der Waals surface area contributed by atoms with Crippen LogP contribution in [0.3, 0.4) is 0 Å². The highest BCUT2D eigenvalue weighted by molar-refractivity contribution is 5.94. The number of pyridine rings is 1. The van der Waals surface area contributed by atoms with E-state index in [1.54, 1.807) is 19.3 Å². The molecule has 4 nitrogen and oxygen atoms in total. The van der Waals surface area contributed by atoms with E-state index in [0.717, 1.165) is 5.56 Å². The van der Waals surface area contributed by atoms with Crippen molar-refractivity contribution < 1.29 is 4.79 Å². The van der Waals surface area contributed by atoms with Gasteiger partial charge in [0.15, 0.2) is 0 Å². The number of amides is 1. The van der Waals surface area contributed by atoms with Crippen LogP contribution in [0.25, 0.3) is 0 Å². The topological polar surface area (TPSA) is 42.3 Å². The maximum atomic E-state index is 12.9. The third kappa shape index (κ3) is 4.81. The largest absolute Gasteiger partial charge is 0.334 e. The lowest BCUT2D eigenvalue weighted by Crippen LogP contribution is -2.37. The molecule has 0 unspecified atom stereocenters. The fraction of sp³-hybridized carbons (Fsp3) is 0.368. The molecule has 2 aromatic rings. The number of hydrogen-bond donors (Lipinski definition) is 0. The molecular weight excluding hydrogens is 288 g/mol. The normalized spacial score (nSPS) is 11.3. The van der Waals surface area contributed by atoms with Gasteiger partial charge in [-0.2, -0.15) is 0 Å². The van der Waals surface area contributed by atoms with Crippen molar-refractivity contribution in [2.75, 3.05) is 6.54 Å². The third-order valence-corrected chi connectivity index (χ3v) is 3.52. The molecule has 0 spiro atoms. The summed E-state index contributed by atoms with van der Waals surface area (Å²) in [5, 5.41) is 0. The van der Waals surface area contributed by atoms with Gasteiger partial charge in [-0.25, -0.2) is 0 Å². The summed E-state index contributed by atoms with van der Waals surface area (Å²) < 4.78 is 1.46. The highest BCUT2D eigenvalue weighted by atomic mass is 16.2. The van der Waals surface area contributed by atoms with Crippen LogP contribution in [-0.2, 0) is 13.6 Å². The van der Waals surface area contributed by atoms with E-state index in [1.165, 1.54) is 10.6 Å². The number of aromatic nitrogens is 1. The first-order valence-corrected chi connectivity index (χ1v) is 7.76. The molecule has 0 aliphatic rings. The van der Waals surface area contributed by atoms with Gasteiger partial charge in [0, 0.05) is 38.0 Å². The Hall–Kier alpha value is -2.36. The highest BCUT2D eigenvalue weighted by Gasteiger charge is 2.22. The van der Waals surface area contributed by atoms with Crippen LogP contribution in [0.1, 0.15) is 36.7 Å². The average molecular weight is 312 g/mol. The summed E-state index contributed by atoms with van der Waals surface area (Å²) >= 11 is 0. The van der Waals surface area contributed by atoms with Gasteiger partial charge >= 0.3 is 0 Å². The van der Waals surface area contributed by atoms with Crippen LogP contribution < -0.4 is 5.56 Å². The summed E-state index contributed by atoms with van der Waals surface area (Å²) in [4.78, 5) is 26.5. The summed E-state index contributed by atoms with van der Waals surface area (Å²) in [6.45, 7) is 7.45. The van der Waals surface area contributed by atoms with Crippen LogP contribution in [0.15, 0.2) is 53.5 Å². The molecule has 0 atom stereocenters. The smallest absolute Gasteiger partial charge is 0.254 e. The summed E-state index contributed by atoms with van der Waals surface area (Å²) in [6, 6.07) is 13.0. The minimum Gasteiger partial charge on any atom is -0.334 e. The number of nitrogens with zero attached hydrogens (tertiary/aromatic N) is 2. The quantitative estimate of drug-likeness (QED) is 0.870. The molecule has 1 heterocycles. The first kappa shape index (κ1) is 17.0. The monoisotopic (exact) mass is 312 g/mol. The van der Waals surface area contributed by atoms with E-state index in [-0.39, 0.29) is 16.9 Å². The van der Waals surface area contributed by atoms with Crippen LogP contribution >= 0.6 is 0 Å². The zero-order chi connectivity index (χ0) is 17.0.